The number of nitrogens with zero attached hydrogens (tertiary/aromatic N) is 1. The van der Waals surface area contributed by atoms with Gasteiger partial charge in [0.25, 0.3) is 0 Å². The molecule has 5 N–H and O–H groups in total. The van der Waals surface area contributed by atoms with Gasteiger partial charge in [-0.1, -0.05) is 6.07 Å². The van der Waals surface area contributed by atoms with E-state index in [9.17, 15) is 0 Å². The van der Waals surface area contributed by atoms with Crippen molar-refractivity contribution in [3.8, 4) is 0 Å². The molecule has 0 fully saturated rings. The topological polar surface area (TPSA) is 49.2 Å². The predicted molar refractivity (Wildman–Crippen MR) is 71.7 cm³/mol. The fourth-order valence-electron chi connectivity index (χ4n) is 4.01. The maximum Gasteiger partial charge on any atom is 0.137 e. The highest BCUT2D eigenvalue weighted by atomic mass is 15.1. The van der Waals surface area contributed by atoms with E-state index in [0.29, 0.717) is 6.04 Å². The number of aromatic nitrogens is 1. The van der Waals surface area contributed by atoms with Gasteiger partial charge in [0.05, 0.1) is 29.7 Å². The Kier molecular flexibility index (Phi) is 2.11. The van der Waals surface area contributed by atoms with Gasteiger partial charge in [-0.15, -0.1) is 0 Å². The molecule has 1 aromatic heterocycles. The molecule has 0 spiro atoms. The van der Waals surface area contributed by atoms with Crippen LogP contribution in [-0.4, -0.2) is 11.1 Å². The van der Waals surface area contributed by atoms with E-state index in [1.54, 1.807) is 11.3 Å². The van der Waals surface area contributed by atoms with E-state index in [1.807, 2.05) is 0 Å². The molecular formula is C15H21N3+2. The zero-order valence-corrected chi connectivity index (χ0v) is 11.0. The molecule has 3 nitrogen and oxygen atoms in total. The zero-order valence-electron chi connectivity index (χ0n) is 11.0. The van der Waals surface area contributed by atoms with Crippen molar-refractivity contribution in [1.29, 1.82) is 0 Å². The molecule has 0 bridgehead atoms. The fraction of sp³-hybridized carbons (Fsp3) is 0.467. The molecule has 0 amide bonds. The van der Waals surface area contributed by atoms with Crippen LogP contribution in [-0.2, 0) is 13.0 Å². The van der Waals surface area contributed by atoms with Gasteiger partial charge in [-0.25, -0.2) is 0 Å². The van der Waals surface area contributed by atoms with Crippen molar-refractivity contribution in [2.24, 2.45) is 0 Å². The summed E-state index contributed by atoms with van der Waals surface area (Å²) in [6, 6.07) is 5.12. The lowest BCUT2D eigenvalue weighted by Gasteiger charge is -2.28. The van der Waals surface area contributed by atoms with Crippen molar-refractivity contribution in [2.75, 3.05) is 6.54 Å². The number of rotatable bonds is 0. The number of fused-ring (bicyclic) bond motifs is 3. The number of benzene rings is 1. The molecule has 2 aromatic rings. The Morgan fingerprint density at radius 1 is 1.39 bits per heavy atom. The minimum Gasteiger partial charge on any atom is -0.337 e. The normalized spacial score (nSPS) is 22.2. The Labute approximate surface area is 107 Å². The Morgan fingerprint density at radius 2 is 2.28 bits per heavy atom. The smallest absolute Gasteiger partial charge is 0.137 e. The molecule has 2 heterocycles. The van der Waals surface area contributed by atoms with Gasteiger partial charge in [0.2, 0.25) is 0 Å². The van der Waals surface area contributed by atoms with Crippen LogP contribution in [0.3, 0.4) is 0 Å². The summed E-state index contributed by atoms with van der Waals surface area (Å²) in [5, 5.41) is 4.00. The molecule has 1 atom stereocenters. The van der Waals surface area contributed by atoms with Gasteiger partial charge in [0.1, 0.15) is 11.7 Å². The van der Waals surface area contributed by atoms with Gasteiger partial charge >= 0.3 is 0 Å². The number of hydrogen-bond donors (Lipinski definition) is 2. The van der Waals surface area contributed by atoms with E-state index in [0.717, 1.165) is 6.54 Å². The third-order valence-corrected chi connectivity index (χ3v) is 4.73. The van der Waals surface area contributed by atoms with Crippen LogP contribution in [0.5, 0.6) is 0 Å². The zero-order chi connectivity index (χ0) is 12.3. The molecule has 1 aliphatic heterocycles. The maximum atomic E-state index is 4.27. The molecule has 1 aromatic carbocycles. The molecule has 2 aliphatic rings. The van der Waals surface area contributed by atoms with Crippen molar-refractivity contribution in [1.82, 2.24) is 4.57 Å². The second kappa shape index (κ2) is 3.59. The van der Waals surface area contributed by atoms with E-state index in [1.165, 1.54) is 48.0 Å². The van der Waals surface area contributed by atoms with Crippen molar-refractivity contribution >= 4 is 16.6 Å². The van der Waals surface area contributed by atoms with Gasteiger partial charge < -0.3 is 15.6 Å². The minimum absolute atomic E-state index is 0.702. The average molecular weight is 243 g/mol. The van der Waals surface area contributed by atoms with Crippen LogP contribution in [0.1, 0.15) is 35.7 Å². The summed E-state index contributed by atoms with van der Waals surface area (Å²) in [5.74, 6) is 0. The minimum atomic E-state index is 0.702. The van der Waals surface area contributed by atoms with Gasteiger partial charge in [-0.05, 0) is 37.0 Å². The number of nitrogens with two attached hydrogens (primary N) is 1. The quantitative estimate of drug-likeness (QED) is 0.687. The second-order valence-corrected chi connectivity index (χ2v) is 5.80. The van der Waals surface area contributed by atoms with Crippen molar-refractivity contribution in [2.45, 2.75) is 38.8 Å². The third-order valence-electron chi connectivity index (χ3n) is 4.73. The van der Waals surface area contributed by atoms with E-state index >= 15 is 0 Å². The van der Waals surface area contributed by atoms with Gasteiger partial charge in [-0.3, -0.25) is 0 Å². The van der Waals surface area contributed by atoms with Crippen molar-refractivity contribution in [3.63, 3.8) is 0 Å². The highest BCUT2D eigenvalue weighted by Gasteiger charge is 2.34. The van der Waals surface area contributed by atoms with Crippen LogP contribution in [0.4, 0.5) is 5.69 Å². The van der Waals surface area contributed by atoms with Crippen LogP contribution in [0.25, 0.3) is 10.9 Å². The summed E-state index contributed by atoms with van der Waals surface area (Å²) in [5.41, 5.74) is 11.6. The molecule has 4 rings (SSSR count). The molecule has 3 heteroatoms. The predicted octanol–water partition coefficient (Wildman–Crippen LogP) is 0.778. The highest BCUT2D eigenvalue weighted by molar-refractivity contribution is 5.95. The van der Waals surface area contributed by atoms with E-state index in [-0.39, 0.29) is 0 Å². The number of hydrogen-bond acceptors (Lipinski definition) is 0. The van der Waals surface area contributed by atoms with Crippen molar-refractivity contribution in [3.05, 3.63) is 29.0 Å². The molecule has 0 saturated carbocycles. The first kappa shape index (κ1) is 10.6. The van der Waals surface area contributed by atoms with Crippen LogP contribution < -0.4 is 11.1 Å². The van der Waals surface area contributed by atoms with E-state index in [2.05, 4.69) is 34.7 Å². The van der Waals surface area contributed by atoms with Crippen LogP contribution >= 0.6 is 0 Å². The van der Waals surface area contributed by atoms with E-state index in [4.69, 9.17) is 0 Å². The molecule has 18 heavy (non-hydrogen) atoms. The lowest BCUT2D eigenvalue weighted by molar-refractivity contribution is -0.704. The maximum absolute atomic E-state index is 4.27. The van der Waals surface area contributed by atoms with Crippen LogP contribution in [0, 0.1) is 6.92 Å². The standard InChI is InChI=1S/C15H19N3/c1-9-5-6-11(16)13-10-3-2-4-12-15(10)18(14(9)13)8-7-17-12/h5-6,12,17H,2-4,7-8,16H2,1H3/p+2. The first-order valence-corrected chi connectivity index (χ1v) is 7.07. The summed E-state index contributed by atoms with van der Waals surface area (Å²) in [4.78, 5) is 0. The molecule has 0 saturated heterocycles. The average Bonchev–Trinajstić information content (AvgIpc) is 2.73. The lowest BCUT2D eigenvalue weighted by atomic mass is 9.90. The number of aryl methyl sites for hydroxylation is 2. The first-order valence-electron chi connectivity index (χ1n) is 7.07. The third kappa shape index (κ3) is 1.21. The molecule has 94 valence electrons. The lowest BCUT2D eigenvalue weighted by Crippen LogP contribution is -2.88. The summed E-state index contributed by atoms with van der Waals surface area (Å²) < 4.78 is 2.60. The Hall–Kier alpha value is -1.32. The molecule has 0 radical (unpaired) electrons. The summed E-state index contributed by atoms with van der Waals surface area (Å²) in [7, 11) is 0. The van der Waals surface area contributed by atoms with E-state index < -0.39 is 0 Å². The first-order chi connectivity index (χ1) is 8.77. The summed E-state index contributed by atoms with van der Waals surface area (Å²) in [6.07, 6.45) is 3.92. The monoisotopic (exact) mass is 243 g/mol. The van der Waals surface area contributed by atoms with Gasteiger partial charge in [0, 0.05) is 6.42 Å². The Balaban J connectivity index is 2.18. The SMILES string of the molecule is Cc1ccc([NH3+])c2c3c4n(c12)CC[NH2+]C4CCC3. The van der Waals surface area contributed by atoms with Gasteiger partial charge in [-0.2, -0.15) is 0 Å². The Bertz CT molecular complexity index is 586. The van der Waals surface area contributed by atoms with Crippen LogP contribution in [0.15, 0.2) is 12.1 Å². The summed E-state index contributed by atoms with van der Waals surface area (Å²) in [6.45, 7) is 4.62. The second-order valence-electron chi connectivity index (χ2n) is 5.80. The molecule has 1 aliphatic carbocycles. The fourth-order valence-corrected chi connectivity index (χ4v) is 4.01. The Morgan fingerprint density at radius 3 is 3.17 bits per heavy atom. The van der Waals surface area contributed by atoms with Crippen molar-refractivity contribution < 1.29 is 11.1 Å². The number of quaternary nitrogens is 2. The van der Waals surface area contributed by atoms with Gasteiger partial charge in [0.15, 0.2) is 0 Å². The molecule has 1 unspecified atom stereocenters. The summed E-state index contributed by atoms with van der Waals surface area (Å²) >= 11 is 0. The largest absolute Gasteiger partial charge is 0.337 e. The highest BCUT2D eigenvalue weighted by Crippen LogP contribution is 2.39. The van der Waals surface area contributed by atoms with Crippen LogP contribution in [0.2, 0.25) is 0 Å². The molecular weight excluding hydrogens is 222 g/mol.